The van der Waals surface area contributed by atoms with Gasteiger partial charge in [-0.25, -0.2) is 0 Å². The Kier molecular flexibility index (Phi) is 0.974. The molecular weight excluding hydrogens is 128 g/mol. The maximum atomic E-state index is 10.9. The van der Waals surface area contributed by atoms with Gasteiger partial charge in [0, 0.05) is 12.3 Å². The van der Waals surface area contributed by atoms with Crippen LogP contribution in [0.5, 0.6) is 0 Å². The highest BCUT2D eigenvalue weighted by Gasteiger charge is 2.18. The number of amides is 1. The Hall–Kier alpha value is -1.38. The molecule has 1 aliphatic heterocycles. The van der Waals surface area contributed by atoms with E-state index in [9.17, 15) is 4.79 Å². The molecule has 1 amide bonds. The molecule has 3 nitrogen and oxygen atoms in total. The Morgan fingerprint density at radius 3 is 3.40 bits per heavy atom. The minimum Gasteiger partial charge on any atom is -0.346 e. The van der Waals surface area contributed by atoms with Crippen molar-refractivity contribution in [1.29, 1.82) is 0 Å². The molecular formula is C7H5N2O. The van der Waals surface area contributed by atoms with E-state index in [0.717, 1.165) is 5.69 Å². The molecule has 1 aliphatic rings. The highest BCUT2D eigenvalue weighted by atomic mass is 16.1. The summed E-state index contributed by atoms with van der Waals surface area (Å²) >= 11 is 0. The molecule has 0 bridgehead atoms. The number of carbonyl (C=O) groups excluding carboxylic acids is 1. The lowest BCUT2D eigenvalue weighted by Gasteiger charge is -1.88. The van der Waals surface area contributed by atoms with Crippen LogP contribution in [-0.2, 0) is 6.54 Å². The largest absolute Gasteiger partial charge is 0.346 e. The minimum absolute atomic E-state index is 0.0423. The molecule has 0 aliphatic carbocycles. The Bertz CT molecular complexity index is 283. The van der Waals surface area contributed by atoms with Gasteiger partial charge in [0.1, 0.15) is 0 Å². The van der Waals surface area contributed by atoms with Crippen molar-refractivity contribution in [1.82, 2.24) is 10.3 Å². The number of hydrogen-bond donors (Lipinski definition) is 1. The minimum atomic E-state index is -0.0423. The number of pyridine rings is 1. The monoisotopic (exact) mass is 133 g/mol. The van der Waals surface area contributed by atoms with E-state index in [0.29, 0.717) is 12.1 Å². The highest BCUT2D eigenvalue weighted by Crippen LogP contribution is 2.09. The number of hydrogen-bond acceptors (Lipinski definition) is 2. The van der Waals surface area contributed by atoms with E-state index in [1.807, 2.05) is 0 Å². The lowest BCUT2D eigenvalue weighted by Crippen LogP contribution is -2.12. The Morgan fingerprint density at radius 2 is 2.60 bits per heavy atom. The lowest BCUT2D eigenvalue weighted by molar-refractivity contribution is 0.0966. The fourth-order valence-corrected chi connectivity index (χ4v) is 0.985. The molecule has 0 unspecified atom stereocenters. The van der Waals surface area contributed by atoms with Gasteiger partial charge in [0.2, 0.25) is 0 Å². The summed E-state index contributed by atoms with van der Waals surface area (Å²) in [6.07, 6.45) is 1.57. The molecule has 1 aromatic rings. The second-order valence-electron chi connectivity index (χ2n) is 2.11. The van der Waals surface area contributed by atoms with Crippen molar-refractivity contribution in [2.24, 2.45) is 0 Å². The maximum Gasteiger partial charge on any atom is 0.253 e. The second-order valence-corrected chi connectivity index (χ2v) is 2.11. The lowest BCUT2D eigenvalue weighted by atomic mass is 10.2. The molecule has 1 aromatic heterocycles. The molecule has 0 saturated heterocycles. The van der Waals surface area contributed by atoms with Crippen LogP contribution in [0, 0.1) is 6.07 Å². The van der Waals surface area contributed by atoms with Gasteiger partial charge in [0.15, 0.2) is 0 Å². The molecule has 49 valence electrons. The fourth-order valence-electron chi connectivity index (χ4n) is 0.985. The van der Waals surface area contributed by atoms with E-state index >= 15 is 0 Å². The first-order valence-electron chi connectivity index (χ1n) is 3.01. The molecule has 1 radical (unpaired) electrons. The van der Waals surface area contributed by atoms with Gasteiger partial charge in [-0.15, -0.1) is 0 Å². The summed E-state index contributed by atoms with van der Waals surface area (Å²) in [6, 6.07) is 4.41. The maximum absolute atomic E-state index is 10.9. The zero-order valence-electron chi connectivity index (χ0n) is 5.22. The Morgan fingerprint density at radius 1 is 1.70 bits per heavy atom. The van der Waals surface area contributed by atoms with Crippen LogP contribution >= 0.6 is 0 Å². The number of aromatic nitrogens is 1. The van der Waals surface area contributed by atoms with Crippen molar-refractivity contribution in [3.05, 3.63) is 29.6 Å². The predicted molar refractivity (Wildman–Crippen MR) is 34.2 cm³/mol. The summed E-state index contributed by atoms with van der Waals surface area (Å²) in [5.74, 6) is -0.0423. The van der Waals surface area contributed by atoms with Crippen molar-refractivity contribution in [2.45, 2.75) is 6.54 Å². The first kappa shape index (κ1) is 5.41. The molecule has 10 heavy (non-hydrogen) atoms. The second kappa shape index (κ2) is 1.80. The Labute approximate surface area is 58.1 Å². The van der Waals surface area contributed by atoms with Crippen molar-refractivity contribution in [3.8, 4) is 0 Å². The molecule has 1 N–H and O–H groups in total. The van der Waals surface area contributed by atoms with E-state index in [2.05, 4.69) is 16.4 Å². The van der Waals surface area contributed by atoms with Gasteiger partial charge in [-0.3, -0.25) is 9.78 Å². The van der Waals surface area contributed by atoms with Crippen molar-refractivity contribution in [2.75, 3.05) is 0 Å². The third-order valence-corrected chi connectivity index (χ3v) is 1.49. The van der Waals surface area contributed by atoms with Crippen LogP contribution in [0.1, 0.15) is 16.1 Å². The normalized spacial score (nSPS) is 14.6. The summed E-state index contributed by atoms with van der Waals surface area (Å²) in [5.41, 5.74) is 1.48. The van der Waals surface area contributed by atoms with E-state index in [1.54, 1.807) is 12.3 Å². The molecule has 0 aromatic carbocycles. The average Bonchev–Trinajstić information content (AvgIpc) is 2.34. The molecule has 2 heterocycles. The van der Waals surface area contributed by atoms with Crippen LogP contribution in [0.15, 0.2) is 12.3 Å². The van der Waals surface area contributed by atoms with Crippen LogP contribution in [0.2, 0.25) is 0 Å². The Balaban J connectivity index is 2.61. The highest BCUT2D eigenvalue weighted by molar-refractivity contribution is 5.97. The van der Waals surface area contributed by atoms with Gasteiger partial charge in [-0.2, -0.15) is 0 Å². The SMILES string of the molecule is O=C1NCc2nc[c]cc21. The number of nitrogens with one attached hydrogen (secondary N) is 1. The third-order valence-electron chi connectivity index (χ3n) is 1.49. The zero-order chi connectivity index (χ0) is 6.97. The zero-order valence-corrected chi connectivity index (χ0v) is 5.22. The third kappa shape index (κ3) is 0.603. The van der Waals surface area contributed by atoms with Crippen LogP contribution in [0.3, 0.4) is 0 Å². The number of carbonyl (C=O) groups is 1. The molecule has 0 spiro atoms. The summed E-state index contributed by atoms with van der Waals surface area (Å²) < 4.78 is 0. The molecule has 0 atom stereocenters. The molecule has 2 rings (SSSR count). The first-order chi connectivity index (χ1) is 4.88. The van der Waals surface area contributed by atoms with Crippen molar-refractivity contribution >= 4 is 5.91 Å². The number of rotatable bonds is 0. The van der Waals surface area contributed by atoms with Gasteiger partial charge >= 0.3 is 0 Å². The van der Waals surface area contributed by atoms with Crippen LogP contribution < -0.4 is 5.32 Å². The van der Waals surface area contributed by atoms with E-state index in [1.165, 1.54) is 0 Å². The van der Waals surface area contributed by atoms with Gasteiger partial charge in [-0.05, 0) is 6.07 Å². The standard InChI is InChI=1S/C7H5N2O/c10-7-5-2-1-3-8-6(5)4-9-7/h2-3H,4H2,(H,9,10). The molecule has 0 fully saturated rings. The average molecular weight is 133 g/mol. The van der Waals surface area contributed by atoms with Crippen molar-refractivity contribution < 1.29 is 4.79 Å². The quantitative estimate of drug-likeness (QED) is 0.546. The number of nitrogens with zero attached hydrogens (tertiary/aromatic N) is 1. The first-order valence-corrected chi connectivity index (χ1v) is 3.01. The summed E-state index contributed by atoms with van der Waals surface area (Å²) in [6.45, 7) is 0.558. The van der Waals surface area contributed by atoms with Gasteiger partial charge < -0.3 is 5.32 Å². The van der Waals surface area contributed by atoms with Crippen LogP contribution in [0.25, 0.3) is 0 Å². The van der Waals surface area contributed by atoms with E-state index < -0.39 is 0 Å². The van der Waals surface area contributed by atoms with E-state index in [4.69, 9.17) is 0 Å². The fraction of sp³-hybridized carbons (Fsp3) is 0.143. The predicted octanol–water partition coefficient (Wildman–Crippen LogP) is 0.125. The number of fused-ring (bicyclic) bond motifs is 1. The van der Waals surface area contributed by atoms with Crippen LogP contribution in [0.4, 0.5) is 0 Å². The smallest absolute Gasteiger partial charge is 0.253 e. The van der Waals surface area contributed by atoms with E-state index in [-0.39, 0.29) is 5.91 Å². The summed E-state index contributed by atoms with van der Waals surface area (Å²) in [7, 11) is 0. The van der Waals surface area contributed by atoms with Crippen molar-refractivity contribution in [3.63, 3.8) is 0 Å². The molecule has 3 heteroatoms. The topological polar surface area (TPSA) is 42.0 Å². The van der Waals surface area contributed by atoms with Gasteiger partial charge in [0.25, 0.3) is 5.91 Å². The summed E-state index contributed by atoms with van der Waals surface area (Å²) in [5, 5.41) is 2.66. The van der Waals surface area contributed by atoms with Gasteiger partial charge in [-0.1, -0.05) is 0 Å². The summed E-state index contributed by atoms with van der Waals surface area (Å²) in [4.78, 5) is 14.9. The molecule has 0 saturated carbocycles. The van der Waals surface area contributed by atoms with Crippen LogP contribution in [-0.4, -0.2) is 10.9 Å². The van der Waals surface area contributed by atoms with Gasteiger partial charge in [0.05, 0.1) is 17.8 Å².